The largest absolute Gasteiger partial charge is 0.463 e. The molecule has 2 N–H and O–H groups in total. The normalized spacial score (nSPS) is 15.4. The van der Waals surface area contributed by atoms with Crippen LogP contribution in [0.1, 0.15) is 34.1 Å². The standard InChI is InChI=1S/C12H20O6/c1-7(5-11(15)17-6-8(2)13)9(3)12(16)18-10(4)14/h8,10,13-14H,5-6H2,1-4H3/b9-7+. The fourth-order valence-electron chi connectivity index (χ4n) is 1.03. The van der Waals surface area contributed by atoms with Crippen LogP contribution >= 0.6 is 0 Å². The maximum Gasteiger partial charge on any atom is 0.335 e. The van der Waals surface area contributed by atoms with E-state index in [-0.39, 0.29) is 18.6 Å². The Bertz CT molecular complexity index is 329. The molecule has 6 heteroatoms. The topological polar surface area (TPSA) is 93.1 Å². The van der Waals surface area contributed by atoms with E-state index in [2.05, 4.69) is 4.74 Å². The van der Waals surface area contributed by atoms with E-state index < -0.39 is 24.3 Å². The predicted octanol–water partition coefficient (Wildman–Crippen LogP) is 0.518. The Hall–Kier alpha value is -1.40. The predicted molar refractivity (Wildman–Crippen MR) is 63.4 cm³/mol. The van der Waals surface area contributed by atoms with Gasteiger partial charge < -0.3 is 19.7 Å². The van der Waals surface area contributed by atoms with Crippen molar-refractivity contribution in [1.82, 2.24) is 0 Å². The van der Waals surface area contributed by atoms with Gasteiger partial charge in [-0.05, 0) is 27.7 Å². The van der Waals surface area contributed by atoms with E-state index in [0.717, 1.165) is 0 Å². The second kappa shape index (κ2) is 7.84. The lowest BCUT2D eigenvalue weighted by Crippen LogP contribution is -2.18. The molecule has 0 aliphatic carbocycles. The van der Waals surface area contributed by atoms with E-state index >= 15 is 0 Å². The summed E-state index contributed by atoms with van der Waals surface area (Å²) in [6.45, 7) is 5.84. The van der Waals surface area contributed by atoms with Crippen molar-refractivity contribution in [3.8, 4) is 0 Å². The highest BCUT2D eigenvalue weighted by Gasteiger charge is 2.14. The van der Waals surface area contributed by atoms with Crippen molar-refractivity contribution < 1.29 is 29.3 Å². The van der Waals surface area contributed by atoms with E-state index in [1.165, 1.54) is 20.8 Å². The number of carbonyl (C=O) groups excluding carboxylic acids is 2. The molecule has 104 valence electrons. The fraction of sp³-hybridized carbons (Fsp3) is 0.667. The highest BCUT2D eigenvalue weighted by molar-refractivity contribution is 5.89. The first-order chi connectivity index (χ1) is 8.23. The number of hydrogen-bond acceptors (Lipinski definition) is 6. The molecular weight excluding hydrogens is 240 g/mol. The molecule has 0 bridgehead atoms. The molecule has 0 rings (SSSR count). The molecule has 18 heavy (non-hydrogen) atoms. The van der Waals surface area contributed by atoms with Gasteiger partial charge in [0.2, 0.25) is 0 Å². The zero-order chi connectivity index (χ0) is 14.3. The summed E-state index contributed by atoms with van der Waals surface area (Å²) >= 11 is 0. The molecule has 2 unspecified atom stereocenters. The minimum atomic E-state index is -1.19. The van der Waals surface area contributed by atoms with Crippen molar-refractivity contribution in [2.75, 3.05) is 6.61 Å². The molecule has 0 aromatic heterocycles. The third-order valence-electron chi connectivity index (χ3n) is 2.12. The molecule has 2 atom stereocenters. The van der Waals surface area contributed by atoms with Crippen molar-refractivity contribution in [3.05, 3.63) is 11.1 Å². The summed E-state index contributed by atoms with van der Waals surface area (Å²) in [4.78, 5) is 22.7. The van der Waals surface area contributed by atoms with Gasteiger partial charge in [0.15, 0.2) is 6.29 Å². The van der Waals surface area contributed by atoms with Gasteiger partial charge >= 0.3 is 11.9 Å². The van der Waals surface area contributed by atoms with Gasteiger partial charge in [-0.1, -0.05) is 5.57 Å². The Balaban J connectivity index is 4.39. The van der Waals surface area contributed by atoms with Crippen LogP contribution in [0, 0.1) is 0 Å². The first-order valence-electron chi connectivity index (χ1n) is 5.63. The number of hydrogen-bond donors (Lipinski definition) is 2. The van der Waals surface area contributed by atoms with Crippen LogP contribution in [0.15, 0.2) is 11.1 Å². The Morgan fingerprint density at radius 1 is 1.17 bits per heavy atom. The van der Waals surface area contributed by atoms with Crippen LogP contribution in [0.4, 0.5) is 0 Å². The molecule has 0 aromatic rings. The minimum absolute atomic E-state index is 0.0620. The molecule has 0 saturated carbocycles. The minimum Gasteiger partial charge on any atom is -0.463 e. The van der Waals surface area contributed by atoms with Crippen LogP contribution in [0.25, 0.3) is 0 Å². The second-order valence-corrected chi connectivity index (χ2v) is 4.12. The number of aliphatic hydroxyl groups excluding tert-OH is 2. The van der Waals surface area contributed by atoms with E-state index in [4.69, 9.17) is 14.9 Å². The van der Waals surface area contributed by atoms with E-state index in [1.54, 1.807) is 6.92 Å². The Labute approximate surface area is 106 Å². The van der Waals surface area contributed by atoms with Crippen LogP contribution in [0.5, 0.6) is 0 Å². The zero-order valence-corrected chi connectivity index (χ0v) is 11.1. The van der Waals surface area contributed by atoms with E-state index in [0.29, 0.717) is 5.57 Å². The highest BCUT2D eigenvalue weighted by atomic mass is 16.6. The fourth-order valence-corrected chi connectivity index (χ4v) is 1.03. The molecule has 0 amide bonds. The lowest BCUT2D eigenvalue weighted by atomic mass is 10.1. The number of rotatable bonds is 6. The number of carbonyl (C=O) groups is 2. The van der Waals surface area contributed by atoms with Gasteiger partial charge in [0.05, 0.1) is 12.5 Å². The summed E-state index contributed by atoms with van der Waals surface area (Å²) in [5, 5.41) is 17.8. The molecule has 0 fully saturated rings. The Morgan fingerprint density at radius 3 is 2.17 bits per heavy atom. The highest BCUT2D eigenvalue weighted by Crippen LogP contribution is 2.11. The number of ether oxygens (including phenoxy) is 2. The Morgan fingerprint density at radius 2 is 1.72 bits per heavy atom. The third-order valence-corrected chi connectivity index (χ3v) is 2.12. The van der Waals surface area contributed by atoms with Gasteiger partial charge in [-0.3, -0.25) is 4.79 Å². The number of aliphatic hydroxyl groups is 2. The maximum absolute atomic E-state index is 11.4. The maximum atomic E-state index is 11.4. The van der Waals surface area contributed by atoms with Crippen LogP contribution in [-0.4, -0.2) is 41.2 Å². The average Bonchev–Trinajstić information content (AvgIpc) is 2.24. The molecule has 0 spiro atoms. The van der Waals surface area contributed by atoms with E-state index in [1.807, 2.05) is 0 Å². The van der Waals surface area contributed by atoms with Crippen molar-refractivity contribution in [3.63, 3.8) is 0 Å². The summed E-state index contributed by atoms with van der Waals surface area (Å²) in [5.41, 5.74) is 0.751. The average molecular weight is 260 g/mol. The molecular formula is C12H20O6. The summed E-state index contributed by atoms with van der Waals surface area (Å²) in [6.07, 6.45) is -1.98. The molecule has 0 saturated heterocycles. The van der Waals surface area contributed by atoms with Gasteiger partial charge in [0.1, 0.15) is 6.61 Å². The quantitative estimate of drug-likeness (QED) is 0.411. The van der Waals surface area contributed by atoms with Crippen molar-refractivity contribution in [2.24, 2.45) is 0 Å². The van der Waals surface area contributed by atoms with Gasteiger partial charge in [-0.25, -0.2) is 4.79 Å². The van der Waals surface area contributed by atoms with Crippen LogP contribution < -0.4 is 0 Å². The molecule has 6 nitrogen and oxygen atoms in total. The van der Waals surface area contributed by atoms with Crippen LogP contribution in [-0.2, 0) is 19.1 Å². The Kier molecular flexibility index (Phi) is 7.23. The lowest BCUT2D eigenvalue weighted by molar-refractivity contribution is -0.159. The first kappa shape index (κ1) is 16.6. The monoisotopic (exact) mass is 260 g/mol. The van der Waals surface area contributed by atoms with Crippen LogP contribution in [0.2, 0.25) is 0 Å². The summed E-state index contributed by atoms with van der Waals surface area (Å²) in [6, 6.07) is 0. The summed E-state index contributed by atoms with van der Waals surface area (Å²) in [7, 11) is 0. The summed E-state index contributed by atoms with van der Waals surface area (Å²) < 4.78 is 9.34. The van der Waals surface area contributed by atoms with Crippen molar-refractivity contribution in [2.45, 2.75) is 46.5 Å². The van der Waals surface area contributed by atoms with Gasteiger partial charge in [0, 0.05) is 5.57 Å². The van der Waals surface area contributed by atoms with Gasteiger partial charge in [-0.2, -0.15) is 0 Å². The van der Waals surface area contributed by atoms with Gasteiger partial charge in [-0.15, -0.1) is 0 Å². The summed E-state index contributed by atoms with van der Waals surface area (Å²) in [5.74, 6) is -1.21. The SMILES string of the molecule is C/C(CC(=O)OCC(C)O)=C(/C)C(=O)OC(C)O. The molecule has 0 aliphatic rings. The van der Waals surface area contributed by atoms with Crippen molar-refractivity contribution in [1.29, 1.82) is 0 Å². The third kappa shape index (κ3) is 7.03. The van der Waals surface area contributed by atoms with Gasteiger partial charge in [0.25, 0.3) is 0 Å². The zero-order valence-electron chi connectivity index (χ0n) is 11.1. The smallest absolute Gasteiger partial charge is 0.335 e. The first-order valence-corrected chi connectivity index (χ1v) is 5.63. The van der Waals surface area contributed by atoms with Crippen molar-refractivity contribution >= 4 is 11.9 Å². The molecule has 0 aromatic carbocycles. The molecule has 0 radical (unpaired) electrons. The number of esters is 2. The molecule has 0 aliphatic heterocycles. The molecule has 0 heterocycles. The van der Waals surface area contributed by atoms with Crippen LogP contribution in [0.3, 0.4) is 0 Å². The second-order valence-electron chi connectivity index (χ2n) is 4.12. The lowest BCUT2D eigenvalue weighted by Gasteiger charge is -2.10. The van der Waals surface area contributed by atoms with E-state index in [9.17, 15) is 9.59 Å².